The van der Waals surface area contributed by atoms with Crippen molar-refractivity contribution >= 4 is 11.7 Å². The molecule has 0 aliphatic carbocycles. The van der Waals surface area contributed by atoms with Crippen molar-refractivity contribution in [1.82, 2.24) is 9.78 Å². The minimum absolute atomic E-state index is 0.0153. The average Bonchev–Trinajstić information content (AvgIpc) is 2.84. The van der Waals surface area contributed by atoms with Gasteiger partial charge in [0.05, 0.1) is 6.20 Å². The second-order valence-electron chi connectivity index (χ2n) is 5.85. The van der Waals surface area contributed by atoms with Gasteiger partial charge in [-0.15, -0.1) is 0 Å². The number of ether oxygens (including phenoxy) is 1. The molecule has 1 heterocycles. The molecule has 1 amide bonds. The summed E-state index contributed by atoms with van der Waals surface area (Å²) >= 11 is 0. The summed E-state index contributed by atoms with van der Waals surface area (Å²) in [5.41, 5.74) is 2.05. The summed E-state index contributed by atoms with van der Waals surface area (Å²) in [5, 5.41) is 7.06. The topological polar surface area (TPSA) is 56.1 Å². The summed E-state index contributed by atoms with van der Waals surface area (Å²) in [6, 6.07) is 7.71. The highest BCUT2D eigenvalue weighted by molar-refractivity contribution is 5.91. The third-order valence-electron chi connectivity index (χ3n) is 3.28. The van der Waals surface area contributed by atoms with Gasteiger partial charge in [0.2, 0.25) is 0 Å². The summed E-state index contributed by atoms with van der Waals surface area (Å²) in [6.07, 6.45) is 1.68. The van der Waals surface area contributed by atoms with Crippen molar-refractivity contribution in [2.24, 2.45) is 5.92 Å². The molecule has 0 radical (unpaired) electrons. The van der Waals surface area contributed by atoms with Crippen LogP contribution in [0.3, 0.4) is 0 Å². The Balaban J connectivity index is 1.95. The molecule has 0 unspecified atom stereocenters. The summed E-state index contributed by atoms with van der Waals surface area (Å²) in [4.78, 5) is 12.1. The van der Waals surface area contributed by atoms with Crippen LogP contribution in [0.5, 0.6) is 5.75 Å². The number of rotatable bonds is 6. The van der Waals surface area contributed by atoms with E-state index in [4.69, 9.17) is 4.74 Å². The van der Waals surface area contributed by atoms with Crippen molar-refractivity contribution in [3.8, 4) is 5.75 Å². The predicted octanol–water partition coefficient (Wildman–Crippen LogP) is 3.17. The van der Waals surface area contributed by atoms with E-state index in [0.717, 1.165) is 23.4 Å². The van der Waals surface area contributed by atoms with Crippen LogP contribution in [0.2, 0.25) is 0 Å². The molecule has 2 aromatic rings. The molecule has 5 heteroatoms. The van der Waals surface area contributed by atoms with Gasteiger partial charge in [-0.25, -0.2) is 4.68 Å². The Morgan fingerprint density at radius 3 is 2.59 bits per heavy atom. The first-order valence-electron chi connectivity index (χ1n) is 7.48. The van der Waals surface area contributed by atoms with Crippen molar-refractivity contribution in [3.05, 3.63) is 41.6 Å². The lowest BCUT2D eigenvalue weighted by molar-refractivity contribution is -0.118. The predicted molar refractivity (Wildman–Crippen MR) is 87.1 cm³/mol. The van der Waals surface area contributed by atoms with E-state index in [2.05, 4.69) is 24.3 Å². The molecular formula is C17H23N3O2. The molecule has 0 aliphatic heterocycles. The van der Waals surface area contributed by atoms with Crippen molar-refractivity contribution in [2.75, 3.05) is 11.9 Å². The number of carbonyl (C=O) groups is 1. The van der Waals surface area contributed by atoms with Gasteiger partial charge >= 0.3 is 0 Å². The molecule has 5 nitrogen and oxygen atoms in total. The molecule has 0 saturated carbocycles. The van der Waals surface area contributed by atoms with Gasteiger partial charge in [-0.1, -0.05) is 32.0 Å². The van der Waals surface area contributed by atoms with Gasteiger partial charge < -0.3 is 10.1 Å². The second-order valence-corrected chi connectivity index (χ2v) is 5.85. The SMILES string of the molecule is Cc1cccc(C)c1OCC(=O)Nc1ccnn1CC(C)C. The molecule has 1 N–H and O–H groups in total. The number of nitrogens with zero attached hydrogens (tertiary/aromatic N) is 2. The van der Waals surface area contributed by atoms with Crippen LogP contribution in [0.4, 0.5) is 5.82 Å². The number of aromatic nitrogens is 2. The number of hydrogen-bond donors (Lipinski definition) is 1. The molecule has 0 bridgehead atoms. The van der Waals surface area contributed by atoms with E-state index in [1.807, 2.05) is 32.0 Å². The van der Waals surface area contributed by atoms with Crippen LogP contribution in [0, 0.1) is 19.8 Å². The van der Waals surface area contributed by atoms with E-state index in [1.165, 1.54) is 0 Å². The molecule has 22 heavy (non-hydrogen) atoms. The molecular weight excluding hydrogens is 278 g/mol. The third-order valence-corrected chi connectivity index (χ3v) is 3.28. The van der Waals surface area contributed by atoms with Crippen LogP contribution in [-0.2, 0) is 11.3 Å². The Hall–Kier alpha value is -2.30. The minimum atomic E-state index is -0.187. The lowest BCUT2D eigenvalue weighted by atomic mass is 10.1. The average molecular weight is 301 g/mol. The first-order chi connectivity index (χ1) is 10.5. The van der Waals surface area contributed by atoms with Crippen molar-refractivity contribution in [3.63, 3.8) is 0 Å². The van der Waals surface area contributed by atoms with E-state index in [9.17, 15) is 4.79 Å². The molecule has 0 fully saturated rings. The molecule has 2 rings (SSSR count). The zero-order chi connectivity index (χ0) is 16.1. The molecule has 1 aromatic heterocycles. The number of benzene rings is 1. The lowest BCUT2D eigenvalue weighted by Crippen LogP contribution is -2.23. The summed E-state index contributed by atoms with van der Waals surface area (Å²) in [7, 11) is 0. The zero-order valence-corrected chi connectivity index (χ0v) is 13.6. The van der Waals surface area contributed by atoms with Gasteiger partial charge in [-0.05, 0) is 30.9 Å². The maximum atomic E-state index is 12.1. The quantitative estimate of drug-likeness (QED) is 0.891. The van der Waals surface area contributed by atoms with Gasteiger partial charge in [0, 0.05) is 12.6 Å². The fraction of sp³-hybridized carbons (Fsp3) is 0.412. The van der Waals surface area contributed by atoms with Gasteiger partial charge in [0.1, 0.15) is 11.6 Å². The normalized spacial score (nSPS) is 10.8. The standard InChI is InChI=1S/C17H23N3O2/c1-12(2)10-20-15(8-9-18-20)19-16(21)11-22-17-13(3)6-5-7-14(17)4/h5-9,12H,10-11H2,1-4H3,(H,19,21). The van der Waals surface area contributed by atoms with Crippen molar-refractivity contribution < 1.29 is 9.53 Å². The van der Waals surface area contributed by atoms with Crippen LogP contribution in [0.25, 0.3) is 0 Å². The van der Waals surface area contributed by atoms with Gasteiger partial charge in [-0.3, -0.25) is 4.79 Å². The van der Waals surface area contributed by atoms with Crippen molar-refractivity contribution in [2.45, 2.75) is 34.2 Å². The maximum absolute atomic E-state index is 12.1. The maximum Gasteiger partial charge on any atom is 0.263 e. The first kappa shape index (κ1) is 16.1. The van der Waals surface area contributed by atoms with Gasteiger partial charge in [0.25, 0.3) is 5.91 Å². The number of anilines is 1. The Bertz CT molecular complexity index is 627. The number of amides is 1. The molecule has 0 spiro atoms. The number of para-hydroxylation sites is 1. The van der Waals surface area contributed by atoms with Crippen molar-refractivity contribution in [1.29, 1.82) is 0 Å². The number of hydrogen-bond acceptors (Lipinski definition) is 3. The number of carbonyl (C=O) groups excluding carboxylic acids is 1. The van der Waals surface area contributed by atoms with Crippen LogP contribution in [0.1, 0.15) is 25.0 Å². The van der Waals surface area contributed by atoms with Crippen LogP contribution in [-0.4, -0.2) is 22.3 Å². The van der Waals surface area contributed by atoms with E-state index < -0.39 is 0 Å². The Morgan fingerprint density at radius 1 is 1.27 bits per heavy atom. The summed E-state index contributed by atoms with van der Waals surface area (Å²) in [5.74, 6) is 1.74. The van der Waals surface area contributed by atoms with E-state index in [1.54, 1.807) is 16.9 Å². The molecule has 118 valence electrons. The Labute approximate surface area is 131 Å². The summed E-state index contributed by atoms with van der Waals surface area (Å²) < 4.78 is 7.45. The number of aryl methyl sites for hydroxylation is 2. The van der Waals surface area contributed by atoms with Crippen LogP contribution in [0.15, 0.2) is 30.5 Å². The van der Waals surface area contributed by atoms with Crippen LogP contribution >= 0.6 is 0 Å². The van der Waals surface area contributed by atoms with Gasteiger partial charge in [-0.2, -0.15) is 5.10 Å². The Morgan fingerprint density at radius 2 is 1.95 bits per heavy atom. The smallest absolute Gasteiger partial charge is 0.263 e. The highest BCUT2D eigenvalue weighted by Gasteiger charge is 2.10. The third kappa shape index (κ3) is 4.10. The first-order valence-corrected chi connectivity index (χ1v) is 7.48. The highest BCUT2D eigenvalue weighted by atomic mass is 16.5. The fourth-order valence-corrected chi connectivity index (χ4v) is 2.27. The monoisotopic (exact) mass is 301 g/mol. The lowest BCUT2D eigenvalue weighted by Gasteiger charge is -2.13. The van der Waals surface area contributed by atoms with E-state index >= 15 is 0 Å². The zero-order valence-electron chi connectivity index (χ0n) is 13.6. The summed E-state index contributed by atoms with van der Waals surface area (Å²) in [6.45, 7) is 8.91. The largest absolute Gasteiger partial charge is 0.483 e. The minimum Gasteiger partial charge on any atom is -0.483 e. The van der Waals surface area contributed by atoms with Gasteiger partial charge in [0.15, 0.2) is 6.61 Å². The Kier molecular flexibility index (Phi) is 5.20. The molecule has 1 aromatic carbocycles. The highest BCUT2D eigenvalue weighted by Crippen LogP contribution is 2.22. The van der Waals surface area contributed by atoms with E-state index in [0.29, 0.717) is 11.7 Å². The fourth-order valence-electron chi connectivity index (χ4n) is 2.27. The number of nitrogens with one attached hydrogen (secondary N) is 1. The van der Waals surface area contributed by atoms with Crippen LogP contribution < -0.4 is 10.1 Å². The molecule has 0 saturated heterocycles. The molecule has 0 aliphatic rings. The second kappa shape index (κ2) is 7.11. The van der Waals surface area contributed by atoms with E-state index in [-0.39, 0.29) is 12.5 Å². The molecule has 0 atom stereocenters.